The lowest BCUT2D eigenvalue weighted by Gasteiger charge is -2.25. The van der Waals surface area contributed by atoms with Crippen molar-refractivity contribution >= 4 is 11.6 Å². The average Bonchev–Trinajstić information content (AvgIpc) is 2.97. The van der Waals surface area contributed by atoms with E-state index >= 15 is 0 Å². The first-order chi connectivity index (χ1) is 10.0. The normalized spacial score (nSPS) is 20.7. The first-order valence-electron chi connectivity index (χ1n) is 7.52. The van der Waals surface area contributed by atoms with E-state index in [4.69, 9.17) is 5.73 Å². The van der Waals surface area contributed by atoms with Gasteiger partial charge in [-0.05, 0) is 39.1 Å². The summed E-state index contributed by atoms with van der Waals surface area (Å²) >= 11 is 0. The van der Waals surface area contributed by atoms with Crippen molar-refractivity contribution in [2.75, 3.05) is 32.5 Å². The molecule has 1 heterocycles. The maximum absolute atomic E-state index is 12.4. The molecule has 0 aromatic heterocycles. The van der Waals surface area contributed by atoms with Gasteiger partial charge in [-0.2, -0.15) is 0 Å². The molecule has 1 aromatic rings. The standard InChI is InChI=1S/C16H26N4O/c1-12(20-9-8-14(11-20)19(2)3)16(21)18-15-7-5-4-6-13(15)10-17/h4-7,12,14H,8-11,17H2,1-3H3,(H,18,21). The van der Waals surface area contributed by atoms with E-state index < -0.39 is 0 Å². The van der Waals surface area contributed by atoms with Crippen LogP contribution in [0.1, 0.15) is 18.9 Å². The molecule has 21 heavy (non-hydrogen) atoms. The van der Waals surface area contributed by atoms with Crippen LogP contribution in [0, 0.1) is 0 Å². The molecule has 1 aliphatic rings. The van der Waals surface area contributed by atoms with Crippen LogP contribution in [0.5, 0.6) is 0 Å². The Morgan fingerprint density at radius 2 is 2.19 bits per heavy atom. The summed E-state index contributed by atoms with van der Waals surface area (Å²) in [6.07, 6.45) is 1.12. The fourth-order valence-electron chi connectivity index (χ4n) is 2.76. The molecule has 1 amide bonds. The Hall–Kier alpha value is -1.43. The van der Waals surface area contributed by atoms with Gasteiger partial charge in [0.15, 0.2) is 0 Å². The van der Waals surface area contributed by atoms with E-state index in [0.717, 1.165) is 30.8 Å². The Kier molecular flexibility index (Phi) is 5.33. The van der Waals surface area contributed by atoms with Crippen molar-refractivity contribution in [3.05, 3.63) is 29.8 Å². The Labute approximate surface area is 127 Å². The SMILES string of the molecule is CC(C(=O)Nc1ccccc1CN)N1CCC(N(C)C)C1. The number of nitrogens with zero attached hydrogens (tertiary/aromatic N) is 2. The lowest BCUT2D eigenvalue weighted by Crippen LogP contribution is -2.42. The third-order valence-electron chi connectivity index (χ3n) is 4.35. The molecule has 0 radical (unpaired) electrons. The number of para-hydroxylation sites is 1. The largest absolute Gasteiger partial charge is 0.326 e. The molecule has 5 heteroatoms. The number of likely N-dealkylation sites (N-methyl/N-ethyl adjacent to an activating group) is 1. The zero-order valence-electron chi connectivity index (χ0n) is 13.2. The van der Waals surface area contributed by atoms with Crippen LogP contribution in [0.4, 0.5) is 5.69 Å². The molecule has 3 N–H and O–H groups in total. The first kappa shape index (κ1) is 15.9. The monoisotopic (exact) mass is 290 g/mol. The summed E-state index contributed by atoms with van der Waals surface area (Å²) in [5, 5.41) is 3.01. The average molecular weight is 290 g/mol. The Morgan fingerprint density at radius 3 is 2.81 bits per heavy atom. The van der Waals surface area contributed by atoms with E-state index in [1.807, 2.05) is 31.2 Å². The number of carbonyl (C=O) groups excluding carboxylic acids is 1. The van der Waals surface area contributed by atoms with Crippen molar-refractivity contribution < 1.29 is 4.79 Å². The smallest absolute Gasteiger partial charge is 0.241 e. The van der Waals surface area contributed by atoms with Crippen LogP contribution in [0.2, 0.25) is 0 Å². The van der Waals surface area contributed by atoms with Crippen molar-refractivity contribution in [3.8, 4) is 0 Å². The van der Waals surface area contributed by atoms with Gasteiger partial charge in [0.05, 0.1) is 6.04 Å². The Balaban J connectivity index is 1.97. The number of nitrogens with two attached hydrogens (primary N) is 1. The zero-order chi connectivity index (χ0) is 15.4. The molecule has 2 atom stereocenters. The molecule has 2 rings (SSSR count). The number of carbonyl (C=O) groups is 1. The van der Waals surface area contributed by atoms with E-state index in [9.17, 15) is 4.79 Å². The zero-order valence-corrected chi connectivity index (χ0v) is 13.2. The summed E-state index contributed by atoms with van der Waals surface area (Å²) in [6.45, 7) is 4.31. The molecular formula is C16H26N4O. The molecule has 1 aliphatic heterocycles. The van der Waals surface area contributed by atoms with Crippen molar-refractivity contribution in [1.29, 1.82) is 0 Å². The highest BCUT2D eigenvalue weighted by Crippen LogP contribution is 2.19. The van der Waals surface area contributed by atoms with Crippen LogP contribution in [-0.2, 0) is 11.3 Å². The highest BCUT2D eigenvalue weighted by atomic mass is 16.2. The lowest BCUT2D eigenvalue weighted by molar-refractivity contribution is -0.120. The van der Waals surface area contributed by atoms with Gasteiger partial charge in [-0.1, -0.05) is 18.2 Å². The van der Waals surface area contributed by atoms with Crippen molar-refractivity contribution in [2.24, 2.45) is 5.73 Å². The van der Waals surface area contributed by atoms with Crippen LogP contribution in [-0.4, -0.2) is 55.0 Å². The highest BCUT2D eigenvalue weighted by molar-refractivity contribution is 5.95. The third-order valence-corrected chi connectivity index (χ3v) is 4.35. The molecule has 1 saturated heterocycles. The van der Waals surface area contributed by atoms with Gasteiger partial charge in [-0.3, -0.25) is 9.69 Å². The quantitative estimate of drug-likeness (QED) is 0.853. The number of amides is 1. The van der Waals surface area contributed by atoms with Gasteiger partial charge in [0.1, 0.15) is 0 Å². The molecule has 1 fully saturated rings. The van der Waals surface area contributed by atoms with Crippen LogP contribution in [0.3, 0.4) is 0 Å². The molecule has 5 nitrogen and oxygen atoms in total. The summed E-state index contributed by atoms with van der Waals surface area (Å²) in [7, 11) is 4.19. The van der Waals surface area contributed by atoms with Crippen LogP contribution < -0.4 is 11.1 Å². The summed E-state index contributed by atoms with van der Waals surface area (Å²) < 4.78 is 0. The number of anilines is 1. The first-order valence-corrected chi connectivity index (χ1v) is 7.52. The molecule has 0 aliphatic carbocycles. The predicted molar refractivity (Wildman–Crippen MR) is 86.1 cm³/mol. The van der Waals surface area contributed by atoms with Crippen molar-refractivity contribution in [1.82, 2.24) is 9.80 Å². The minimum Gasteiger partial charge on any atom is -0.326 e. The van der Waals surface area contributed by atoms with Crippen LogP contribution >= 0.6 is 0 Å². The topological polar surface area (TPSA) is 61.6 Å². The van der Waals surface area contributed by atoms with Crippen molar-refractivity contribution in [3.63, 3.8) is 0 Å². The van der Waals surface area contributed by atoms with Gasteiger partial charge in [0.25, 0.3) is 0 Å². The number of nitrogens with one attached hydrogen (secondary N) is 1. The summed E-state index contributed by atoms with van der Waals surface area (Å²) in [4.78, 5) is 16.9. The van der Waals surface area contributed by atoms with Gasteiger partial charge in [0.2, 0.25) is 5.91 Å². The second-order valence-corrected chi connectivity index (χ2v) is 5.93. The molecular weight excluding hydrogens is 264 g/mol. The Bertz CT molecular complexity index is 489. The molecule has 0 spiro atoms. The summed E-state index contributed by atoms with van der Waals surface area (Å²) in [6, 6.07) is 8.11. The summed E-state index contributed by atoms with van der Waals surface area (Å²) in [5.74, 6) is 0.0373. The maximum atomic E-state index is 12.4. The fourth-order valence-corrected chi connectivity index (χ4v) is 2.76. The minimum absolute atomic E-state index is 0.0373. The lowest BCUT2D eigenvalue weighted by atomic mass is 10.1. The van der Waals surface area contributed by atoms with E-state index in [1.165, 1.54) is 0 Å². The van der Waals surface area contributed by atoms with Crippen molar-refractivity contribution in [2.45, 2.75) is 32.0 Å². The molecule has 116 valence electrons. The van der Waals surface area contributed by atoms with Gasteiger partial charge in [-0.25, -0.2) is 0 Å². The van der Waals surface area contributed by atoms with Gasteiger partial charge in [0, 0.05) is 31.4 Å². The van der Waals surface area contributed by atoms with Crippen LogP contribution in [0.15, 0.2) is 24.3 Å². The number of likely N-dealkylation sites (tertiary alicyclic amines) is 1. The molecule has 1 aromatic carbocycles. The molecule has 0 saturated carbocycles. The second-order valence-electron chi connectivity index (χ2n) is 5.93. The van der Waals surface area contributed by atoms with Gasteiger partial charge < -0.3 is 16.0 Å². The molecule has 2 unspecified atom stereocenters. The highest BCUT2D eigenvalue weighted by Gasteiger charge is 2.30. The summed E-state index contributed by atoms with van der Waals surface area (Å²) in [5.41, 5.74) is 7.49. The predicted octanol–water partition coefficient (Wildman–Crippen LogP) is 1.11. The number of benzene rings is 1. The van der Waals surface area contributed by atoms with Crippen LogP contribution in [0.25, 0.3) is 0 Å². The molecule has 0 bridgehead atoms. The van der Waals surface area contributed by atoms with Gasteiger partial charge >= 0.3 is 0 Å². The maximum Gasteiger partial charge on any atom is 0.241 e. The van der Waals surface area contributed by atoms with E-state index in [2.05, 4.69) is 29.2 Å². The van der Waals surface area contributed by atoms with E-state index in [-0.39, 0.29) is 11.9 Å². The van der Waals surface area contributed by atoms with E-state index in [0.29, 0.717) is 12.6 Å². The Morgan fingerprint density at radius 1 is 1.48 bits per heavy atom. The second kappa shape index (κ2) is 7.02. The van der Waals surface area contributed by atoms with E-state index in [1.54, 1.807) is 0 Å². The van der Waals surface area contributed by atoms with Gasteiger partial charge in [-0.15, -0.1) is 0 Å². The number of hydrogen-bond donors (Lipinski definition) is 2. The number of rotatable bonds is 5. The fraction of sp³-hybridized carbons (Fsp3) is 0.562. The minimum atomic E-state index is -0.124. The number of hydrogen-bond acceptors (Lipinski definition) is 4. The third kappa shape index (κ3) is 3.81.